The second-order valence-electron chi connectivity index (χ2n) is 10.1. The summed E-state index contributed by atoms with van der Waals surface area (Å²) in [5.74, 6) is 0.520. The number of methoxy groups -OCH3 is 1. The summed E-state index contributed by atoms with van der Waals surface area (Å²) in [5, 5.41) is 0. The number of benzene rings is 2. The molecule has 0 atom stereocenters. The van der Waals surface area contributed by atoms with Crippen molar-refractivity contribution in [2.24, 2.45) is 0 Å². The fraction of sp³-hybridized carbons (Fsp3) is 0.379. The van der Waals surface area contributed by atoms with E-state index in [-0.39, 0.29) is 18.0 Å². The van der Waals surface area contributed by atoms with Gasteiger partial charge in [-0.05, 0) is 87.7 Å². The van der Waals surface area contributed by atoms with Crippen LogP contribution in [0, 0.1) is 5.82 Å². The van der Waals surface area contributed by atoms with Crippen LogP contribution in [0.15, 0.2) is 66.9 Å². The second kappa shape index (κ2) is 11.0. The van der Waals surface area contributed by atoms with Crippen LogP contribution in [0.4, 0.5) is 14.9 Å². The Labute approximate surface area is 212 Å². The number of nitrogens with zero attached hydrogens (tertiary/aromatic N) is 3. The number of aromatic nitrogens is 1. The van der Waals surface area contributed by atoms with Gasteiger partial charge in [-0.15, -0.1) is 0 Å². The molecule has 1 saturated heterocycles. The molecule has 36 heavy (non-hydrogen) atoms. The largest absolute Gasteiger partial charge is 0.497 e. The first-order chi connectivity index (χ1) is 17.2. The Balaban J connectivity index is 1.55. The van der Waals surface area contributed by atoms with Crippen molar-refractivity contribution in [1.29, 1.82) is 0 Å². The fourth-order valence-corrected chi connectivity index (χ4v) is 4.47. The summed E-state index contributed by atoms with van der Waals surface area (Å²) in [7, 11) is 1.66. The molecule has 1 amide bonds. The van der Waals surface area contributed by atoms with E-state index in [0.29, 0.717) is 19.6 Å². The average Bonchev–Trinajstić information content (AvgIpc) is 2.87. The number of rotatable bonds is 6. The molecular formula is C29H34FN3O3. The van der Waals surface area contributed by atoms with Crippen molar-refractivity contribution in [3.05, 3.63) is 78.2 Å². The van der Waals surface area contributed by atoms with Crippen LogP contribution in [-0.4, -0.2) is 47.8 Å². The maximum Gasteiger partial charge on any atom is 0.410 e. The molecule has 0 aliphatic carbocycles. The minimum Gasteiger partial charge on any atom is -0.497 e. The van der Waals surface area contributed by atoms with Crippen molar-refractivity contribution in [2.45, 2.75) is 51.8 Å². The lowest BCUT2D eigenvalue weighted by Gasteiger charge is -2.40. The lowest BCUT2D eigenvalue weighted by Crippen LogP contribution is -2.48. The van der Waals surface area contributed by atoms with Gasteiger partial charge in [-0.2, -0.15) is 0 Å². The van der Waals surface area contributed by atoms with Crippen molar-refractivity contribution in [1.82, 2.24) is 9.88 Å². The van der Waals surface area contributed by atoms with Crippen molar-refractivity contribution in [2.75, 3.05) is 25.1 Å². The summed E-state index contributed by atoms with van der Waals surface area (Å²) >= 11 is 0. The Morgan fingerprint density at radius 1 is 1.08 bits per heavy atom. The molecule has 0 saturated carbocycles. The van der Waals surface area contributed by atoms with E-state index in [1.165, 1.54) is 12.1 Å². The summed E-state index contributed by atoms with van der Waals surface area (Å²) in [5.41, 5.74) is 3.13. The van der Waals surface area contributed by atoms with E-state index in [0.717, 1.165) is 41.1 Å². The number of carbonyl (C=O) groups is 1. The van der Waals surface area contributed by atoms with Crippen LogP contribution >= 0.6 is 0 Å². The van der Waals surface area contributed by atoms with E-state index in [1.807, 2.05) is 51.1 Å². The maximum absolute atomic E-state index is 13.8. The molecule has 1 aliphatic heterocycles. The van der Waals surface area contributed by atoms with Crippen molar-refractivity contribution < 1.29 is 18.7 Å². The van der Waals surface area contributed by atoms with Gasteiger partial charge in [0.1, 0.15) is 17.2 Å². The predicted molar refractivity (Wildman–Crippen MR) is 140 cm³/mol. The monoisotopic (exact) mass is 491 g/mol. The van der Waals surface area contributed by atoms with Gasteiger partial charge in [0.15, 0.2) is 0 Å². The van der Waals surface area contributed by atoms with E-state index in [1.54, 1.807) is 24.3 Å². The first-order valence-electron chi connectivity index (χ1n) is 12.3. The van der Waals surface area contributed by atoms with Gasteiger partial charge in [-0.25, -0.2) is 9.18 Å². The lowest BCUT2D eigenvalue weighted by atomic mass is 10.0. The van der Waals surface area contributed by atoms with E-state index >= 15 is 0 Å². The first-order valence-corrected chi connectivity index (χ1v) is 12.3. The molecule has 3 aromatic rings. The topological polar surface area (TPSA) is 54.9 Å². The van der Waals surface area contributed by atoms with Crippen molar-refractivity contribution in [3.63, 3.8) is 0 Å². The van der Waals surface area contributed by atoms with E-state index in [4.69, 9.17) is 9.47 Å². The number of ether oxygens (including phenoxy) is 2. The van der Waals surface area contributed by atoms with Crippen LogP contribution < -0.4 is 9.64 Å². The quantitative estimate of drug-likeness (QED) is 0.405. The lowest BCUT2D eigenvalue weighted by molar-refractivity contribution is 0.0204. The zero-order valence-electron chi connectivity index (χ0n) is 21.4. The van der Waals surface area contributed by atoms with Crippen LogP contribution in [0.25, 0.3) is 11.3 Å². The van der Waals surface area contributed by atoms with Crippen LogP contribution in [-0.2, 0) is 11.3 Å². The third kappa shape index (κ3) is 6.53. The highest BCUT2D eigenvalue weighted by Crippen LogP contribution is 2.29. The third-order valence-corrected chi connectivity index (χ3v) is 6.26. The van der Waals surface area contributed by atoms with Gasteiger partial charge in [-0.3, -0.25) is 4.98 Å². The molecule has 1 aliphatic rings. The smallest absolute Gasteiger partial charge is 0.410 e. The molecule has 0 unspecified atom stereocenters. The van der Waals surface area contributed by atoms with Crippen LogP contribution in [0.5, 0.6) is 5.75 Å². The molecule has 0 bridgehead atoms. The van der Waals surface area contributed by atoms with E-state index in [2.05, 4.69) is 22.0 Å². The molecule has 0 radical (unpaired) electrons. The van der Waals surface area contributed by atoms with Crippen LogP contribution in [0.2, 0.25) is 0 Å². The molecule has 4 rings (SSSR count). The van der Waals surface area contributed by atoms with Gasteiger partial charge in [0.2, 0.25) is 0 Å². The molecule has 1 fully saturated rings. The van der Waals surface area contributed by atoms with E-state index < -0.39 is 5.60 Å². The van der Waals surface area contributed by atoms with Gasteiger partial charge in [-0.1, -0.05) is 12.1 Å². The molecule has 2 heterocycles. The summed E-state index contributed by atoms with van der Waals surface area (Å²) in [6, 6.07) is 18.8. The highest BCUT2D eigenvalue weighted by atomic mass is 19.1. The number of hydrogen-bond donors (Lipinski definition) is 0. The first kappa shape index (κ1) is 25.5. The minimum absolute atomic E-state index is 0.239. The Bertz CT molecular complexity index is 1170. The van der Waals surface area contributed by atoms with Gasteiger partial charge >= 0.3 is 6.09 Å². The van der Waals surface area contributed by atoms with Crippen molar-refractivity contribution >= 4 is 11.8 Å². The molecule has 7 heteroatoms. The normalized spacial score (nSPS) is 14.4. The number of halogens is 1. The third-order valence-electron chi connectivity index (χ3n) is 6.26. The molecule has 1 aromatic heterocycles. The number of carbonyl (C=O) groups excluding carboxylic acids is 1. The average molecular weight is 492 g/mol. The molecular weight excluding hydrogens is 457 g/mol. The Morgan fingerprint density at radius 3 is 2.44 bits per heavy atom. The SMILES string of the molecule is COc1ccc(N(Cc2ccnc(-c3cccc(F)c3)c2)C2CCN(C(=O)OC(C)(C)C)CC2)cc1. The highest BCUT2D eigenvalue weighted by Gasteiger charge is 2.30. The molecule has 0 N–H and O–H groups in total. The Kier molecular flexibility index (Phi) is 7.77. The standard InChI is InChI=1S/C29H34FN3O3/c1-29(2,3)36-28(34)32-16-13-25(14-17-32)33(24-8-10-26(35-4)11-9-24)20-21-12-15-31-27(18-21)22-6-5-7-23(30)19-22/h5-12,15,18-19,25H,13-14,16-17,20H2,1-4H3. The summed E-state index contributed by atoms with van der Waals surface area (Å²) in [4.78, 5) is 21.2. The molecule has 6 nitrogen and oxygen atoms in total. The number of likely N-dealkylation sites (tertiary alicyclic amines) is 1. The highest BCUT2D eigenvalue weighted by molar-refractivity contribution is 5.68. The van der Waals surface area contributed by atoms with Crippen molar-refractivity contribution in [3.8, 4) is 17.0 Å². The number of piperidine rings is 1. The summed E-state index contributed by atoms with van der Waals surface area (Å²) < 4.78 is 24.7. The van der Waals surface area contributed by atoms with Gasteiger partial charge in [0.25, 0.3) is 0 Å². The molecule has 2 aromatic carbocycles. The zero-order chi connectivity index (χ0) is 25.7. The maximum atomic E-state index is 13.8. The second-order valence-corrected chi connectivity index (χ2v) is 10.1. The van der Waals surface area contributed by atoms with Gasteiger partial charge in [0.05, 0.1) is 12.8 Å². The zero-order valence-corrected chi connectivity index (χ0v) is 21.4. The summed E-state index contributed by atoms with van der Waals surface area (Å²) in [6.07, 6.45) is 3.17. The van der Waals surface area contributed by atoms with Gasteiger partial charge in [0, 0.05) is 43.1 Å². The molecule has 0 spiro atoms. The number of pyridine rings is 1. The Hall–Kier alpha value is -3.61. The number of hydrogen-bond acceptors (Lipinski definition) is 5. The van der Waals surface area contributed by atoms with Gasteiger partial charge < -0.3 is 19.3 Å². The number of anilines is 1. The fourth-order valence-electron chi connectivity index (χ4n) is 4.47. The summed E-state index contributed by atoms with van der Waals surface area (Å²) in [6.45, 7) is 7.59. The molecule has 190 valence electrons. The Morgan fingerprint density at radius 2 is 1.81 bits per heavy atom. The van der Waals surface area contributed by atoms with Crippen LogP contribution in [0.1, 0.15) is 39.2 Å². The predicted octanol–water partition coefficient (Wildman–Crippen LogP) is 6.30. The van der Waals surface area contributed by atoms with E-state index in [9.17, 15) is 9.18 Å². The van der Waals surface area contributed by atoms with Crippen LogP contribution in [0.3, 0.4) is 0 Å². The minimum atomic E-state index is -0.510. The number of amides is 1.